The van der Waals surface area contributed by atoms with Gasteiger partial charge in [0.25, 0.3) is 0 Å². The Morgan fingerprint density at radius 1 is 1.62 bits per heavy atom. The number of hydrogen-bond acceptors (Lipinski definition) is 3. The fourth-order valence-electron chi connectivity index (χ4n) is 1.20. The first-order valence-electron chi connectivity index (χ1n) is 4.20. The molecule has 1 heterocycles. The number of hydrogen-bond donors (Lipinski definition) is 2. The predicted octanol–water partition coefficient (Wildman–Crippen LogP) is 1.26. The first kappa shape index (κ1) is 10.1. The van der Waals surface area contributed by atoms with Crippen molar-refractivity contribution in [3.8, 4) is 0 Å². The molecule has 13 heavy (non-hydrogen) atoms. The lowest BCUT2D eigenvalue weighted by atomic mass is 10.1. The molecule has 0 saturated carbocycles. The van der Waals surface area contributed by atoms with Crippen molar-refractivity contribution >= 4 is 0 Å². The second kappa shape index (κ2) is 3.03. The zero-order valence-electron chi connectivity index (χ0n) is 8.26. The maximum atomic E-state index is 13.1. The molecule has 0 aromatic heterocycles. The highest BCUT2D eigenvalue weighted by Gasteiger charge is 2.27. The quantitative estimate of drug-likeness (QED) is 0.597. The minimum absolute atomic E-state index is 0.193. The molecule has 0 aliphatic carbocycles. The summed E-state index contributed by atoms with van der Waals surface area (Å²) in [7, 11) is 0. The van der Waals surface area contributed by atoms with E-state index in [1.54, 1.807) is 4.90 Å². The van der Waals surface area contributed by atoms with Gasteiger partial charge in [0.05, 0.1) is 5.82 Å². The standard InChI is InChI=1S/C9H16FN3/c1-6-12-8(11)7(10)5-13(6)9(2,3)4/h5,8,12H,1,11H2,2-4H3. The van der Waals surface area contributed by atoms with E-state index in [0.29, 0.717) is 5.82 Å². The lowest BCUT2D eigenvalue weighted by Crippen LogP contribution is -2.50. The van der Waals surface area contributed by atoms with Gasteiger partial charge in [-0.1, -0.05) is 6.58 Å². The number of halogens is 1. The van der Waals surface area contributed by atoms with Gasteiger partial charge in [0, 0.05) is 11.7 Å². The summed E-state index contributed by atoms with van der Waals surface area (Å²) in [5.74, 6) is 0.253. The molecule has 0 radical (unpaired) electrons. The normalized spacial score (nSPS) is 24.1. The van der Waals surface area contributed by atoms with Gasteiger partial charge >= 0.3 is 0 Å². The van der Waals surface area contributed by atoms with E-state index >= 15 is 0 Å². The van der Waals surface area contributed by atoms with Crippen molar-refractivity contribution in [3.05, 3.63) is 24.4 Å². The summed E-state index contributed by atoms with van der Waals surface area (Å²) < 4.78 is 13.1. The average Bonchev–Trinajstić information content (AvgIpc) is 1.94. The van der Waals surface area contributed by atoms with Crippen LogP contribution in [-0.4, -0.2) is 16.6 Å². The van der Waals surface area contributed by atoms with Crippen molar-refractivity contribution < 1.29 is 4.39 Å². The van der Waals surface area contributed by atoms with Gasteiger partial charge in [0.15, 0.2) is 5.83 Å². The lowest BCUT2D eigenvalue weighted by Gasteiger charge is -2.40. The van der Waals surface area contributed by atoms with Crippen LogP contribution in [0.1, 0.15) is 20.8 Å². The van der Waals surface area contributed by atoms with Gasteiger partial charge in [0.1, 0.15) is 6.17 Å². The summed E-state index contributed by atoms with van der Waals surface area (Å²) in [4.78, 5) is 1.73. The SMILES string of the molecule is C=C1NC(N)C(F)=CN1C(C)(C)C. The lowest BCUT2D eigenvalue weighted by molar-refractivity contribution is 0.213. The predicted molar refractivity (Wildman–Crippen MR) is 51.0 cm³/mol. The third-order valence-electron chi connectivity index (χ3n) is 1.89. The van der Waals surface area contributed by atoms with E-state index in [1.807, 2.05) is 20.8 Å². The van der Waals surface area contributed by atoms with Crippen LogP contribution in [0, 0.1) is 0 Å². The summed E-state index contributed by atoms with van der Waals surface area (Å²) in [5.41, 5.74) is 5.24. The molecule has 0 fully saturated rings. The number of nitrogens with zero attached hydrogens (tertiary/aromatic N) is 1. The Labute approximate surface area is 78.1 Å². The molecule has 0 bridgehead atoms. The Morgan fingerprint density at radius 3 is 2.62 bits per heavy atom. The van der Waals surface area contributed by atoms with Crippen LogP contribution < -0.4 is 11.1 Å². The van der Waals surface area contributed by atoms with E-state index in [1.165, 1.54) is 6.20 Å². The molecular weight excluding hydrogens is 169 g/mol. The van der Waals surface area contributed by atoms with Crippen molar-refractivity contribution in [3.63, 3.8) is 0 Å². The zero-order chi connectivity index (χ0) is 10.2. The maximum absolute atomic E-state index is 13.1. The smallest absolute Gasteiger partial charge is 0.153 e. The summed E-state index contributed by atoms with van der Waals surface area (Å²) in [6.45, 7) is 9.69. The second-order valence-electron chi connectivity index (χ2n) is 4.12. The molecule has 1 atom stereocenters. The van der Waals surface area contributed by atoms with E-state index in [2.05, 4.69) is 11.9 Å². The van der Waals surface area contributed by atoms with Crippen LogP contribution in [0.25, 0.3) is 0 Å². The molecule has 1 aliphatic heterocycles. The highest BCUT2D eigenvalue weighted by atomic mass is 19.1. The van der Waals surface area contributed by atoms with Crippen LogP contribution in [0.4, 0.5) is 4.39 Å². The summed E-state index contributed by atoms with van der Waals surface area (Å²) >= 11 is 0. The fraction of sp³-hybridized carbons (Fsp3) is 0.556. The topological polar surface area (TPSA) is 41.3 Å². The van der Waals surface area contributed by atoms with Gasteiger partial charge in [-0.2, -0.15) is 0 Å². The second-order valence-corrected chi connectivity index (χ2v) is 4.12. The largest absolute Gasteiger partial charge is 0.351 e. The molecule has 0 aromatic rings. The van der Waals surface area contributed by atoms with Gasteiger partial charge in [0.2, 0.25) is 0 Å². The van der Waals surface area contributed by atoms with Crippen molar-refractivity contribution in [2.24, 2.45) is 5.73 Å². The van der Waals surface area contributed by atoms with Gasteiger partial charge in [-0.15, -0.1) is 0 Å². The number of rotatable bonds is 0. The summed E-state index contributed by atoms with van der Waals surface area (Å²) in [6.07, 6.45) is 0.634. The number of nitrogens with one attached hydrogen (secondary N) is 1. The Morgan fingerprint density at radius 2 is 2.15 bits per heavy atom. The van der Waals surface area contributed by atoms with Crippen LogP contribution in [0.3, 0.4) is 0 Å². The van der Waals surface area contributed by atoms with Gasteiger partial charge in [-0.3, -0.25) is 0 Å². The minimum atomic E-state index is -0.758. The molecule has 1 unspecified atom stereocenters. The molecule has 3 N–H and O–H groups in total. The van der Waals surface area contributed by atoms with Crippen molar-refractivity contribution in [2.75, 3.05) is 0 Å². The monoisotopic (exact) mass is 185 g/mol. The Kier molecular flexibility index (Phi) is 2.34. The molecular formula is C9H16FN3. The van der Waals surface area contributed by atoms with Crippen molar-refractivity contribution in [2.45, 2.75) is 32.5 Å². The Hall–Kier alpha value is -1.03. The molecule has 74 valence electrons. The van der Waals surface area contributed by atoms with Crippen LogP contribution >= 0.6 is 0 Å². The maximum Gasteiger partial charge on any atom is 0.153 e. The Bertz CT molecular complexity index is 252. The minimum Gasteiger partial charge on any atom is -0.351 e. The molecule has 0 spiro atoms. The van der Waals surface area contributed by atoms with E-state index in [9.17, 15) is 4.39 Å². The highest BCUT2D eigenvalue weighted by Crippen LogP contribution is 2.23. The highest BCUT2D eigenvalue weighted by molar-refractivity contribution is 5.16. The van der Waals surface area contributed by atoms with Crippen molar-refractivity contribution in [1.82, 2.24) is 10.2 Å². The van der Waals surface area contributed by atoms with Gasteiger partial charge in [-0.05, 0) is 20.8 Å². The average molecular weight is 185 g/mol. The molecule has 0 amide bonds. The van der Waals surface area contributed by atoms with Crippen LogP contribution in [-0.2, 0) is 0 Å². The molecule has 4 heteroatoms. The van der Waals surface area contributed by atoms with Crippen molar-refractivity contribution in [1.29, 1.82) is 0 Å². The first-order valence-corrected chi connectivity index (χ1v) is 4.20. The molecule has 0 saturated heterocycles. The van der Waals surface area contributed by atoms with Gasteiger partial charge < -0.3 is 16.0 Å². The molecule has 0 aromatic carbocycles. The molecule has 1 rings (SSSR count). The van der Waals surface area contributed by atoms with E-state index < -0.39 is 6.17 Å². The molecule has 3 nitrogen and oxygen atoms in total. The van der Waals surface area contributed by atoms with E-state index in [4.69, 9.17) is 5.73 Å². The summed E-state index contributed by atoms with van der Waals surface area (Å²) in [5, 5.41) is 2.75. The fourth-order valence-corrected chi connectivity index (χ4v) is 1.20. The first-order chi connectivity index (χ1) is 5.82. The third kappa shape index (κ3) is 2.01. The zero-order valence-corrected chi connectivity index (χ0v) is 8.26. The van der Waals surface area contributed by atoms with Crippen LogP contribution in [0.2, 0.25) is 0 Å². The van der Waals surface area contributed by atoms with Crippen LogP contribution in [0.5, 0.6) is 0 Å². The third-order valence-corrected chi connectivity index (χ3v) is 1.89. The molecule has 1 aliphatic rings. The Balaban J connectivity index is 2.94. The van der Waals surface area contributed by atoms with Gasteiger partial charge in [-0.25, -0.2) is 4.39 Å². The summed E-state index contributed by atoms with van der Waals surface area (Å²) in [6, 6.07) is 0. The van der Waals surface area contributed by atoms with E-state index in [-0.39, 0.29) is 11.4 Å². The van der Waals surface area contributed by atoms with E-state index in [0.717, 1.165) is 0 Å². The van der Waals surface area contributed by atoms with Crippen LogP contribution in [0.15, 0.2) is 24.4 Å². The number of nitrogens with two attached hydrogens (primary N) is 1.